The molecule has 2 rings (SSSR count). The van der Waals surface area contributed by atoms with Gasteiger partial charge in [-0.3, -0.25) is 4.90 Å². The average Bonchev–Trinajstić information content (AvgIpc) is 2.33. The summed E-state index contributed by atoms with van der Waals surface area (Å²) in [6.07, 6.45) is 2.70. The summed E-state index contributed by atoms with van der Waals surface area (Å²) in [6.45, 7) is 8.89. The molecule has 2 saturated heterocycles. The Morgan fingerprint density at radius 1 is 1.38 bits per heavy atom. The second-order valence-corrected chi connectivity index (χ2v) is 6.19. The van der Waals surface area contributed by atoms with Crippen LogP contribution < -0.4 is 5.32 Å². The van der Waals surface area contributed by atoms with Gasteiger partial charge in [0.1, 0.15) is 0 Å². The number of thioether (sulfide) groups is 1. The Hall–Kier alpha value is 0.230. The van der Waals surface area contributed by atoms with E-state index in [1.165, 1.54) is 38.2 Å². The van der Waals surface area contributed by atoms with Crippen molar-refractivity contribution in [3.8, 4) is 0 Å². The first-order valence-corrected chi connectivity index (χ1v) is 7.55. The normalized spacial score (nSPS) is 29.4. The van der Waals surface area contributed by atoms with Crippen LogP contribution in [0.5, 0.6) is 0 Å². The minimum Gasteiger partial charge on any atom is -0.379 e. The van der Waals surface area contributed by atoms with Gasteiger partial charge in [-0.15, -0.1) is 0 Å². The highest BCUT2D eigenvalue weighted by Crippen LogP contribution is 2.20. The first-order chi connectivity index (χ1) is 7.86. The molecule has 2 aliphatic rings. The lowest BCUT2D eigenvalue weighted by atomic mass is 10.2. The predicted octanol–water partition coefficient (Wildman–Crippen LogP) is 1.19. The van der Waals surface area contributed by atoms with Crippen molar-refractivity contribution in [2.75, 3.05) is 45.1 Å². The molecule has 3 nitrogen and oxygen atoms in total. The van der Waals surface area contributed by atoms with Crippen LogP contribution in [0.2, 0.25) is 0 Å². The van der Waals surface area contributed by atoms with Crippen LogP contribution in [-0.2, 0) is 4.74 Å². The van der Waals surface area contributed by atoms with E-state index in [0.717, 1.165) is 25.0 Å². The quantitative estimate of drug-likeness (QED) is 0.803. The van der Waals surface area contributed by atoms with E-state index in [0.29, 0.717) is 6.04 Å². The van der Waals surface area contributed by atoms with Crippen molar-refractivity contribution >= 4 is 11.8 Å². The molecule has 0 amide bonds. The van der Waals surface area contributed by atoms with Gasteiger partial charge in [0.05, 0.1) is 13.2 Å². The maximum Gasteiger partial charge on any atom is 0.0619 e. The third kappa shape index (κ3) is 3.91. The van der Waals surface area contributed by atoms with Crippen LogP contribution in [0.25, 0.3) is 0 Å². The van der Waals surface area contributed by atoms with Crippen LogP contribution >= 0.6 is 11.8 Å². The first-order valence-electron chi connectivity index (χ1n) is 6.50. The Morgan fingerprint density at radius 2 is 2.19 bits per heavy atom. The molecular formula is C12H24N2OS. The molecule has 1 unspecified atom stereocenters. The van der Waals surface area contributed by atoms with Crippen molar-refractivity contribution < 1.29 is 4.74 Å². The molecule has 16 heavy (non-hydrogen) atoms. The Bertz CT molecular complexity index is 197. The summed E-state index contributed by atoms with van der Waals surface area (Å²) in [5.41, 5.74) is 0. The molecule has 1 N–H and O–H groups in total. The van der Waals surface area contributed by atoms with Gasteiger partial charge in [0.25, 0.3) is 0 Å². The highest BCUT2D eigenvalue weighted by molar-refractivity contribution is 7.99. The molecule has 1 atom stereocenters. The summed E-state index contributed by atoms with van der Waals surface area (Å²) in [5.74, 6) is 1.29. The maximum absolute atomic E-state index is 5.45. The number of nitrogens with zero attached hydrogens (tertiary/aromatic N) is 1. The lowest BCUT2D eigenvalue weighted by molar-refractivity contribution is 0.00297. The Labute approximate surface area is 103 Å². The topological polar surface area (TPSA) is 24.5 Å². The zero-order valence-electron chi connectivity index (χ0n) is 10.3. The molecule has 2 aliphatic heterocycles. The molecule has 0 aromatic heterocycles. The largest absolute Gasteiger partial charge is 0.379 e. The van der Waals surface area contributed by atoms with Crippen LogP contribution in [0.4, 0.5) is 0 Å². The Balaban J connectivity index is 1.59. The fraction of sp³-hybridized carbons (Fsp3) is 1.00. The molecule has 94 valence electrons. The summed E-state index contributed by atoms with van der Waals surface area (Å²) in [7, 11) is 0. The van der Waals surface area contributed by atoms with E-state index >= 15 is 0 Å². The van der Waals surface area contributed by atoms with Crippen LogP contribution in [0.15, 0.2) is 0 Å². The predicted molar refractivity (Wildman–Crippen MR) is 70.2 cm³/mol. The maximum atomic E-state index is 5.45. The van der Waals surface area contributed by atoms with Crippen molar-refractivity contribution in [3.63, 3.8) is 0 Å². The second kappa shape index (κ2) is 6.84. The summed E-state index contributed by atoms with van der Waals surface area (Å²) in [5, 5.41) is 4.32. The number of hydrogen-bond donors (Lipinski definition) is 1. The monoisotopic (exact) mass is 244 g/mol. The lowest BCUT2D eigenvalue weighted by Crippen LogP contribution is -2.44. The minimum atomic E-state index is 0.613. The van der Waals surface area contributed by atoms with Crippen LogP contribution in [0.1, 0.15) is 19.8 Å². The summed E-state index contributed by atoms with van der Waals surface area (Å²) >= 11 is 2.17. The van der Waals surface area contributed by atoms with Gasteiger partial charge in [-0.25, -0.2) is 0 Å². The third-order valence-corrected chi connectivity index (χ3v) is 4.88. The van der Waals surface area contributed by atoms with Gasteiger partial charge in [-0.2, -0.15) is 11.8 Å². The standard InChI is InChI=1S/C12H24N2OS/c1-11-10-15-8-6-14(11)7-9-16-12-2-4-13-5-3-12/h11-13H,2-10H2,1H3. The smallest absolute Gasteiger partial charge is 0.0619 e. The molecular weight excluding hydrogens is 220 g/mol. The van der Waals surface area contributed by atoms with Crippen LogP contribution in [0, 0.1) is 0 Å². The highest BCUT2D eigenvalue weighted by Gasteiger charge is 2.19. The fourth-order valence-corrected chi connectivity index (χ4v) is 3.63. The van der Waals surface area contributed by atoms with Crippen molar-refractivity contribution in [1.29, 1.82) is 0 Å². The summed E-state index contributed by atoms with van der Waals surface area (Å²) in [4.78, 5) is 2.57. The molecule has 0 aromatic carbocycles. The summed E-state index contributed by atoms with van der Waals surface area (Å²) < 4.78 is 5.45. The third-order valence-electron chi connectivity index (χ3n) is 3.52. The number of ether oxygens (including phenoxy) is 1. The zero-order valence-corrected chi connectivity index (χ0v) is 11.1. The van der Waals surface area contributed by atoms with Gasteiger partial charge in [0, 0.05) is 30.1 Å². The molecule has 2 heterocycles. The molecule has 0 spiro atoms. The van der Waals surface area contributed by atoms with Gasteiger partial charge in [0.15, 0.2) is 0 Å². The Kier molecular flexibility index (Phi) is 5.42. The molecule has 0 radical (unpaired) electrons. The van der Waals surface area contributed by atoms with E-state index in [9.17, 15) is 0 Å². The Morgan fingerprint density at radius 3 is 2.94 bits per heavy atom. The fourth-order valence-electron chi connectivity index (χ4n) is 2.39. The van der Waals surface area contributed by atoms with Crippen molar-refractivity contribution in [3.05, 3.63) is 0 Å². The van der Waals surface area contributed by atoms with Gasteiger partial charge < -0.3 is 10.1 Å². The zero-order chi connectivity index (χ0) is 11.2. The van der Waals surface area contributed by atoms with E-state index < -0.39 is 0 Å². The van der Waals surface area contributed by atoms with E-state index in [2.05, 4.69) is 28.9 Å². The molecule has 0 aromatic rings. The minimum absolute atomic E-state index is 0.613. The molecule has 2 fully saturated rings. The number of nitrogens with one attached hydrogen (secondary N) is 1. The van der Waals surface area contributed by atoms with Gasteiger partial charge in [-0.05, 0) is 32.9 Å². The van der Waals surface area contributed by atoms with Crippen LogP contribution in [0.3, 0.4) is 0 Å². The van der Waals surface area contributed by atoms with E-state index in [1.807, 2.05) is 0 Å². The molecule has 4 heteroatoms. The lowest BCUT2D eigenvalue weighted by Gasteiger charge is -2.33. The SMILES string of the molecule is CC1COCCN1CCSC1CCNCC1. The van der Waals surface area contributed by atoms with E-state index in [1.54, 1.807) is 0 Å². The van der Waals surface area contributed by atoms with Gasteiger partial charge in [-0.1, -0.05) is 0 Å². The highest BCUT2D eigenvalue weighted by atomic mass is 32.2. The van der Waals surface area contributed by atoms with E-state index in [-0.39, 0.29) is 0 Å². The van der Waals surface area contributed by atoms with Gasteiger partial charge >= 0.3 is 0 Å². The average molecular weight is 244 g/mol. The van der Waals surface area contributed by atoms with Gasteiger partial charge in [0.2, 0.25) is 0 Å². The molecule has 0 saturated carbocycles. The first kappa shape index (κ1) is 12.7. The van der Waals surface area contributed by atoms with Crippen molar-refractivity contribution in [2.24, 2.45) is 0 Å². The number of morpholine rings is 1. The van der Waals surface area contributed by atoms with Crippen molar-refractivity contribution in [1.82, 2.24) is 10.2 Å². The number of hydrogen-bond acceptors (Lipinski definition) is 4. The number of piperidine rings is 1. The van der Waals surface area contributed by atoms with Crippen LogP contribution in [-0.4, -0.2) is 61.3 Å². The second-order valence-electron chi connectivity index (χ2n) is 4.78. The van der Waals surface area contributed by atoms with E-state index in [4.69, 9.17) is 4.74 Å². The van der Waals surface area contributed by atoms with Crippen molar-refractivity contribution in [2.45, 2.75) is 31.1 Å². The summed E-state index contributed by atoms with van der Waals surface area (Å²) in [6, 6.07) is 0.613. The molecule has 0 bridgehead atoms. The molecule has 0 aliphatic carbocycles. The number of rotatable bonds is 4.